The van der Waals surface area contributed by atoms with Crippen molar-refractivity contribution in [2.45, 2.75) is 12.8 Å². The molecule has 1 aliphatic heterocycles. The zero-order valence-electron chi connectivity index (χ0n) is 16.7. The molecule has 0 spiro atoms. The number of hydrogen-bond donors (Lipinski definition) is 1. The number of nitrogens with one attached hydrogen (secondary N) is 1. The van der Waals surface area contributed by atoms with E-state index in [9.17, 15) is 14.9 Å². The number of piperidine rings is 1. The van der Waals surface area contributed by atoms with Crippen molar-refractivity contribution in [1.29, 1.82) is 0 Å². The van der Waals surface area contributed by atoms with Gasteiger partial charge in [0.2, 0.25) is 5.91 Å². The molecule has 1 aromatic carbocycles. The van der Waals surface area contributed by atoms with Gasteiger partial charge in [-0.25, -0.2) is 19.6 Å². The first-order valence-corrected chi connectivity index (χ1v) is 9.60. The minimum atomic E-state index is -0.509. The Bertz CT molecular complexity index is 1080. The highest BCUT2D eigenvalue weighted by Gasteiger charge is 2.27. The van der Waals surface area contributed by atoms with Gasteiger partial charge in [0.25, 0.3) is 5.69 Å². The monoisotopic (exact) mass is 424 g/mol. The van der Waals surface area contributed by atoms with E-state index < -0.39 is 4.92 Å². The Hall–Kier alpha value is -4.09. The van der Waals surface area contributed by atoms with Gasteiger partial charge < -0.3 is 15.0 Å². The Labute approximate surface area is 177 Å². The Morgan fingerprint density at radius 1 is 1.19 bits per heavy atom. The van der Waals surface area contributed by atoms with Crippen LogP contribution in [0, 0.1) is 16.0 Å². The summed E-state index contributed by atoms with van der Waals surface area (Å²) in [7, 11) is 1.41. The molecule has 3 heterocycles. The number of non-ortho nitro benzene ring substituents is 1. The quantitative estimate of drug-likeness (QED) is 0.463. The van der Waals surface area contributed by atoms with Crippen molar-refractivity contribution in [2.24, 2.45) is 5.92 Å². The molecule has 1 amide bonds. The van der Waals surface area contributed by atoms with Gasteiger partial charge in [-0.2, -0.15) is 5.10 Å². The Kier molecular flexibility index (Phi) is 5.69. The fraction of sp³-hybridized carbons (Fsp3) is 0.316. The molecule has 0 bridgehead atoms. The summed E-state index contributed by atoms with van der Waals surface area (Å²) in [5.74, 6) is 1.30. The van der Waals surface area contributed by atoms with Crippen molar-refractivity contribution in [3.05, 3.63) is 53.4 Å². The van der Waals surface area contributed by atoms with Crippen LogP contribution in [0.1, 0.15) is 12.8 Å². The van der Waals surface area contributed by atoms with Crippen LogP contribution in [-0.2, 0) is 4.79 Å². The number of ether oxygens (including phenoxy) is 1. The molecule has 0 atom stereocenters. The van der Waals surface area contributed by atoms with Gasteiger partial charge in [-0.05, 0) is 18.9 Å². The third-order valence-electron chi connectivity index (χ3n) is 5.14. The second-order valence-corrected chi connectivity index (χ2v) is 6.97. The second-order valence-electron chi connectivity index (χ2n) is 6.97. The van der Waals surface area contributed by atoms with Gasteiger partial charge in [-0.3, -0.25) is 14.9 Å². The number of amides is 1. The van der Waals surface area contributed by atoms with Gasteiger partial charge in [0.05, 0.1) is 23.8 Å². The van der Waals surface area contributed by atoms with E-state index in [0.29, 0.717) is 37.4 Å². The number of hydrogen-bond acceptors (Lipinski definition) is 9. The lowest BCUT2D eigenvalue weighted by atomic mass is 9.95. The molecule has 1 fully saturated rings. The van der Waals surface area contributed by atoms with E-state index in [-0.39, 0.29) is 23.3 Å². The van der Waals surface area contributed by atoms with Gasteiger partial charge in [0.15, 0.2) is 5.82 Å². The molecule has 160 valence electrons. The molecular formula is C19H20N8O4. The summed E-state index contributed by atoms with van der Waals surface area (Å²) in [6.07, 6.45) is 5.76. The maximum absolute atomic E-state index is 12.7. The number of benzene rings is 1. The lowest BCUT2D eigenvalue weighted by Crippen LogP contribution is -2.38. The van der Waals surface area contributed by atoms with Gasteiger partial charge >= 0.3 is 0 Å². The fourth-order valence-electron chi connectivity index (χ4n) is 3.46. The van der Waals surface area contributed by atoms with E-state index in [1.54, 1.807) is 11.0 Å². The van der Waals surface area contributed by atoms with E-state index in [4.69, 9.17) is 4.74 Å². The largest absolute Gasteiger partial charge is 0.494 e. The molecule has 0 unspecified atom stereocenters. The lowest BCUT2D eigenvalue weighted by Gasteiger charge is -2.32. The minimum absolute atomic E-state index is 0.0988. The maximum atomic E-state index is 12.7. The molecule has 1 N–H and O–H groups in total. The SMILES string of the molecule is COc1cc([N+](=O)[O-])ccc1NC(=O)C1CCN(c2cc(-n3cncn3)ncn2)CC1. The minimum Gasteiger partial charge on any atom is -0.494 e. The van der Waals surface area contributed by atoms with Crippen LogP contribution in [0.15, 0.2) is 43.2 Å². The van der Waals surface area contributed by atoms with Crippen LogP contribution in [-0.4, -0.2) is 55.8 Å². The molecule has 12 nitrogen and oxygen atoms in total. The zero-order valence-corrected chi connectivity index (χ0v) is 16.7. The van der Waals surface area contributed by atoms with E-state index in [1.807, 2.05) is 6.07 Å². The number of nitro groups is 1. The molecule has 4 rings (SSSR count). The van der Waals surface area contributed by atoms with Crippen molar-refractivity contribution in [3.63, 3.8) is 0 Å². The summed E-state index contributed by atoms with van der Waals surface area (Å²) in [6.45, 7) is 1.31. The van der Waals surface area contributed by atoms with Crippen LogP contribution < -0.4 is 15.0 Å². The molecular weight excluding hydrogens is 404 g/mol. The van der Waals surface area contributed by atoms with Gasteiger partial charge in [0.1, 0.15) is 30.5 Å². The summed E-state index contributed by atoms with van der Waals surface area (Å²) < 4.78 is 6.75. The average Bonchev–Trinajstić information content (AvgIpc) is 3.34. The van der Waals surface area contributed by atoms with Crippen molar-refractivity contribution >= 4 is 23.1 Å². The second kappa shape index (κ2) is 8.73. The number of nitrogens with zero attached hydrogens (tertiary/aromatic N) is 7. The average molecular weight is 424 g/mol. The third kappa shape index (κ3) is 4.42. The predicted octanol–water partition coefficient (Wildman–Crippen LogP) is 1.83. The summed E-state index contributed by atoms with van der Waals surface area (Å²) in [5, 5.41) is 17.8. The fourth-order valence-corrected chi connectivity index (χ4v) is 3.46. The number of carbonyl (C=O) groups excluding carboxylic acids is 1. The summed E-state index contributed by atoms with van der Waals surface area (Å²) in [5.41, 5.74) is 0.312. The standard InChI is InChI=1S/C19H20N8O4/c1-31-16-8-14(27(29)30)2-3-15(16)24-19(28)13-4-6-25(7-5-13)17-9-18(22-11-21-17)26-12-20-10-23-26/h2-3,8-13H,4-7H2,1H3,(H,24,28). The Morgan fingerprint density at radius 3 is 2.65 bits per heavy atom. The van der Waals surface area contributed by atoms with E-state index >= 15 is 0 Å². The number of anilines is 2. The molecule has 31 heavy (non-hydrogen) atoms. The summed E-state index contributed by atoms with van der Waals surface area (Å²) in [6, 6.07) is 5.94. The summed E-state index contributed by atoms with van der Waals surface area (Å²) in [4.78, 5) is 37.7. The van der Waals surface area contributed by atoms with Crippen LogP contribution in [0.5, 0.6) is 5.75 Å². The molecule has 0 aliphatic carbocycles. The topological polar surface area (TPSA) is 141 Å². The van der Waals surface area contributed by atoms with Crippen LogP contribution >= 0.6 is 0 Å². The molecule has 1 saturated heterocycles. The Morgan fingerprint density at radius 2 is 1.97 bits per heavy atom. The molecule has 3 aromatic rings. The first-order valence-electron chi connectivity index (χ1n) is 9.60. The number of methoxy groups -OCH3 is 1. The van der Waals surface area contributed by atoms with E-state index in [1.165, 1.54) is 38.0 Å². The predicted molar refractivity (Wildman–Crippen MR) is 110 cm³/mol. The molecule has 0 radical (unpaired) electrons. The number of aromatic nitrogens is 5. The van der Waals surface area contributed by atoms with Crippen LogP contribution in [0.4, 0.5) is 17.2 Å². The lowest BCUT2D eigenvalue weighted by molar-refractivity contribution is -0.384. The number of carbonyl (C=O) groups is 1. The third-order valence-corrected chi connectivity index (χ3v) is 5.14. The van der Waals surface area contributed by atoms with Gasteiger partial charge in [-0.1, -0.05) is 0 Å². The molecule has 1 aliphatic rings. The van der Waals surface area contributed by atoms with E-state index in [0.717, 1.165) is 5.82 Å². The van der Waals surface area contributed by atoms with Crippen LogP contribution in [0.2, 0.25) is 0 Å². The molecule has 0 saturated carbocycles. The molecule has 12 heteroatoms. The van der Waals surface area contributed by atoms with Gasteiger partial charge in [-0.15, -0.1) is 0 Å². The van der Waals surface area contributed by atoms with Crippen molar-refractivity contribution in [1.82, 2.24) is 24.7 Å². The van der Waals surface area contributed by atoms with Crippen molar-refractivity contribution in [3.8, 4) is 11.6 Å². The maximum Gasteiger partial charge on any atom is 0.273 e. The van der Waals surface area contributed by atoms with Crippen LogP contribution in [0.25, 0.3) is 5.82 Å². The molecule has 2 aromatic heterocycles. The highest BCUT2D eigenvalue weighted by molar-refractivity contribution is 5.94. The number of rotatable bonds is 6. The highest BCUT2D eigenvalue weighted by Crippen LogP contribution is 2.30. The van der Waals surface area contributed by atoms with E-state index in [2.05, 4.69) is 30.3 Å². The first kappa shape index (κ1) is 20.2. The van der Waals surface area contributed by atoms with Gasteiger partial charge in [0, 0.05) is 31.1 Å². The Balaban J connectivity index is 1.38. The van der Waals surface area contributed by atoms with Crippen LogP contribution in [0.3, 0.4) is 0 Å². The smallest absolute Gasteiger partial charge is 0.273 e. The zero-order chi connectivity index (χ0) is 21.8. The highest BCUT2D eigenvalue weighted by atomic mass is 16.6. The first-order chi connectivity index (χ1) is 15.0. The van der Waals surface area contributed by atoms with Crippen molar-refractivity contribution < 1.29 is 14.5 Å². The number of nitro benzene ring substituents is 1. The van der Waals surface area contributed by atoms with Crippen molar-refractivity contribution in [2.75, 3.05) is 30.4 Å². The summed E-state index contributed by atoms with van der Waals surface area (Å²) >= 11 is 0. The normalized spacial score (nSPS) is 14.3.